The zero-order chi connectivity index (χ0) is 14.5. The zero-order valence-corrected chi connectivity index (χ0v) is 11.8. The van der Waals surface area contributed by atoms with Gasteiger partial charge in [-0.25, -0.2) is 5.84 Å². The number of carbonyl (C=O) groups excluding carboxylic acids is 1. The van der Waals surface area contributed by atoms with Crippen molar-refractivity contribution in [2.75, 3.05) is 20.1 Å². The number of benzene rings is 1. The third kappa shape index (κ3) is 5.38. The Kier molecular flexibility index (Phi) is 5.47. The molecule has 0 heterocycles. The Labute approximate surface area is 114 Å². The van der Waals surface area contributed by atoms with E-state index in [1.54, 1.807) is 13.8 Å². The summed E-state index contributed by atoms with van der Waals surface area (Å²) in [5, 5.41) is 9.80. The van der Waals surface area contributed by atoms with Gasteiger partial charge < -0.3 is 10.0 Å². The molecule has 0 aliphatic heterocycles. The number of nitrogens with one attached hydrogen (secondary N) is 1. The Morgan fingerprint density at radius 1 is 1.42 bits per heavy atom. The topological polar surface area (TPSA) is 78.6 Å². The highest BCUT2D eigenvalue weighted by atomic mass is 16.3. The minimum atomic E-state index is -0.796. The molecule has 106 valence electrons. The summed E-state index contributed by atoms with van der Waals surface area (Å²) >= 11 is 0. The lowest BCUT2D eigenvalue weighted by Crippen LogP contribution is -2.43. The molecule has 0 bridgehead atoms. The minimum Gasteiger partial charge on any atom is -0.389 e. The van der Waals surface area contributed by atoms with Crippen LogP contribution in [0.2, 0.25) is 0 Å². The largest absolute Gasteiger partial charge is 0.389 e. The maximum atomic E-state index is 11.9. The van der Waals surface area contributed by atoms with Crippen molar-refractivity contribution in [3.05, 3.63) is 35.9 Å². The number of nitrogens with two attached hydrogens (primary N) is 1. The molecule has 0 fully saturated rings. The number of rotatable bonds is 6. The van der Waals surface area contributed by atoms with Gasteiger partial charge in [0.25, 0.3) is 0 Å². The number of carbonyl (C=O) groups is 1. The molecule has 4 N–H and O–H groups in total. The molecule has 1 rings (SSSR count). The van der Waals surface area contributed by atoms with Crippen molar-refractivity contribution in [2.45, 2.75) is 25.4 Å². The van der Waals surface area contributed by atoms with Crippen LogP contribution in [0.1, 0.15) is 25.3 Å². The van der Waals surface area contributed by atoms with E-state index in [1.807, 2.05) is 42.3 Å². The molecular weight excluding hydrogens is 242 g/mol. The fraction of sp³-hybridized carbons (Fsp3) is 0.500. The van der Waals surface area contributed by atoms with E-state index in [4.69, 9.17) is 5.84 Å². The van der Waals surface area contributed by atoms with Gasteiger partial charge in [-0.3, -0.25) is 10.2 Å². The summed E-state index contributed by atoms with van der Waals surface area (Å²) in [4.78, 5) is 13.8. The summed E-state index contributed by atoms with van der Waals surface area (Å²) in [6.45, 7) is 4.46. The highest BCUT2D eigenvalue weighted by molar-refractivity contribution is 5.83. The Morgan fingerprint density at radius 3 is 2.47 bits per heavy atom. The first-order valence-corrected chi connectivity index (χ1v) is 6.30. The number of likely N-dealkylation sites (N-methyl/N-ethyl adjacent to an activating group) is 1. The van der Waals surface area contributed by atoms with E-state index < -0.39 is 5.60 Å². The molecule has 1 aromatic carbocycles. The van der Waals surface area contributed by atoms with Gasteiger partial charge in [-0.1, -0.05) is 30.3 Å². The van der Waals surface area contributed by atoms with Crippen LogP contribution in [0.5, 0.6) is 0 Å². The maximum Gasteiger partial charge on any atom is 0.242 e. The molecule has 5 heteroatoms. The fourth-order valence-electron chi connectivity index (χ4n) is 2.16. The van der Waals surface area contributed by atoms with Crippen LogP contribution in [0.4, 0.5) is 0 Å². The molecule has 1 atom stereocenters. The standard InChI is InChI=1S/C14H23N3O2/c1-14(2,19)10-17(3)9-12(13(18)16-15)11-7-5-4-6-8-11/h4-8,12,19H,9-10,15H2,1-3H3,(H,16,18). The monoisotopic (exact) mass is 265 g/mol. The second-order valence-corrected chi connectivity index (χ2v) is 5.48. The molecule has 1 aromatic rings. The van der Waals surface area contributed by atoms with E-state index in [1.165, 1.54) is 0 Å². The molecule has 0 saturated heterocycles. The fourth-order valence-corrected chi connectivity index (χ4v) is 2.16. The van der Waals surface area contributed by atoms with Crippen LogP contribution >= 0.6 is 0 Å². The van der Waals surface area contributed by atoms with Crippen LogP contribution in [0.3, 0.4) is 0 Å². The van der Waals surface area contributed by atoms with Crippen molar-refractivity contribution < 1.29 is 9.90 Å². The molecule has 0 spiro atoms. The Hall–Kier alpha value is -1.43. The molecule has 0 aromatic heterocycles. The van der Waals surface area contributed by atoms with Crippen LogP contribution in [-0.4, -0.2) is 41.7 Å². The first kappa shape index (κ1) is 15.6. The highest BCUT2D eigenvalue weighted by Gasteiger charge is 2.24. The molecule has 0 saturated carbocycles. The first-order valence-electron chi connectivity index (χ1n) is 6.30. The van der Waals surface area contributed by atoms with Gasteiger partial charge in [0.2, 0.25) is 5.91 Å². The zero-order valence-electron chi connectivity index (χ0n) is 11.8. The number of nitrogens with zero attached hydrogens (tertiary/aromatic N) is 1. The van der Waals surface area contributed by atoms with Gasteiger partial charge in [-0.15, -0.1) is 0 Å². The van der Waals surface area contributed by atoms with E-state index in [0.29, 0.717) is 13.1 Å². The summed E-state index contributed by atoms with van der Waals surface area (Å²) in [5.74, 6) is 4.67. The van der Waals surface area contributed by atoms with E-state index in [-0.39, 0.29) is 11.8 Å². The quantitative estimate of drug-likeness (QED) is 0.397. The SMILES string of the molecule is CN(CC(C(=O)NN)c1ccccc1)CC(C)(C)O. The van der Waals surface area contributed by atoms with Crippen molar-refractivity contribution in [2.24, 2.45) is 5.84 Å². The summed E-state index contributed by atoms with van der Waals surface area (Å²) in [6.07, 6.45) is 0. The van der Waals surface area contributed by atoms with Gasteiger partial charge in [0.15, 0.2) is 0 Å². The summed E-state index contributed by atoms with van der Waals surface area (Å²) in [7, 11) is 1.87. The third-order valence-corrected chi connectivity index (χ3v) is 2.81. The minimum absolute atomic E-state index is 0.228. The van der Waals surface area contributed by atoms with Crippen LogP contribution < -0.4 is 11.3 Å². The second-order valence-electron chi connectivity index (χ2n) is 5.48. The van der Waals surface area contributed by atoms with Gasteiger partial charge in [0, 0.05) is 13.1 Å². The Balaban J connectivity index is 2.79. The summed E-state index contributed by atoms with van der Waals surface area (Å²) in [5.41, 5.74) is 2.32. The summed E-state index contributed by atoms with van der Waals surface area (Å²) < 4.78 is 0. The van der Waals surface area contributed by atoms with Gasteiger partial charge in [-0.05, 0) is 26.5 Å². The van der Waals surface area contributed by atoms with Crippen molar-refractivity contribution >= 4 is 5.91 Å². The molecule has 0 radical (unpaired) electrons. The highest BCUT2D eigenvalue weighted by Crippen LogP contribution is 2.17. The number of hydrogen-bond acceptors (Lipinski definition) is 4. The van der Waals surface area contributed by atoms with Gasteiger partial charge in [0.1, 0.15) is 0 Å². The Bertz CT molecular complexity index is 401. The van der Waals surface area contributed by atoms with Crippen molar-refractivity contribution in [3.8, 4) is 0 Å². The van der Waals surface area contributed by atoms with Crippen molar-refractivity contribution in [3.63, 3.8) is 0 Å². The molecule has 19 heavy (non-hydrogen) atoms. The third-order valence-electron chi connectivity index (χ3n) is 2.81. The predicted molar refractivity (Wildman–Crippen MR) is 75.3 cm³/mol. The van der Waals surface area contributed by atoms with E-state index in [2.05, 4.69) is 5.43 Å². The average Bonchev–Trinajstić information content (AvgIpc) is 2.34. The number of aliphatic hydroxyl groups is 1. The normalized spacial score (nSPS) is 13.4. The molecule has 0 aliphatic rings. The number of amides is 1. The lowest BCUT2D eigenvalue weighted by Gasteiger charge is -2.28. The molecular formula is C14H23N3O2. The average molecular weight is 265 g/mol. The number of hydrazine groups is 1. The second kappa shape index (κ2) is 6.65. The van der Waals surface area contributed by atoms with Gasteiger partial charge in [0.05, 0.1) is 11.5 Å². The van der Waals surface area contributed by atoms with Gasteiger partial charge >= 0.3 is 0 Å². The van der Waals surface area contributed by atoms with Crippen LogP contribution in [0, 0.1) is 0 Å². The lowest BCUT2D eigenvalue weighted by molar-refractivity contribution is -0.123. The van der Waals surface area contributed by atoms with Crippen LogP contribution in [0.25, 0.3) is 0 Å². The molecule has 1 unspecified atom stereocenters. The van der Waals surface area contributed by atoms with Crippen molar-refractivity contribution in [1.82, 2.24) is 10.3 Å². The van der Waals surface area contributed by atoms with Crippen LogP contribution in [0.15, 0.2) is 30.3 Å². The first-order chi connectivity index (χ1) is 8.83. The molecule has 5 nitrogen and oxygen atoms in total. The lowest BCUT2D eigenvalue weighted by atomic mass is 9.97. The van der Waals surface area contributed by atoms with E-state index in [0.717, 1.165) is 5.56 Å². The molecule has 1 amide bonds. The van der Waals surface area contributed by atoms with Gasteiger partial charge in [-0.2, -0.15) is 0 Å². The molecule has 0 aliphatic carbocycles. The Morgan fingerprint density at radius 2 is 2.00 bits per heavy atom. The van der Waals surface area contributed by atoms with Crippen molar-refractivity contribution in [1.29, 1.82) is 0 Å². The maximum absolute atomic E-state index is 11.9. The predicted octanol–water partition coefficient (Wildman–Crippen LogP) is 0.463. The number of hydrogen-bond donors (Lipinski definition) is 3. The summed E-state index contributed by atoms with van der Waals surface area (Å²) in [6, 6.07) is 9.49. The van der Waals surface area contributed by atoms with E-state index >= 15 is 0 Å². The smallest absolute Gasteiger partial charge is 0.242 e. The van der Waals surface area contributed by atoms with Crippen LogP contribution in [-0.2, 0) is 4.79 Å². The van der Waals surface area contributed by atoms with E-state index in [9.17, 15) is 9.90 Å².